The Bertz CT molecular complexity index is 1030. The number of nitrogens with zero attached hydrogens (tertiary/aromatic N) is 1. The Labute approximate surface area is 159 Å². The van der Waals surface area contributed by atoms with Crippen LogP contribution < -0.4 is 10.1 Å². The lowest BCUT2D eigenvalue weighted by atomic mass is 10.0. The standard InChI is InChI=1S/C23H22N2O2/c1-14-9-22-19(13-24-14)11-18-10-17(7-8-21(18)22)23(26)25-15(2)16-5-4-6-20(12-16)27-3/h4-10,12-13,15H,11H2,1-3H3,(H,25,26)/t15-/m1/s1. The predicted octanol–water partition coefficient (Wildman–Crippen LogP) is 4.46. The fourth-order valence-corrected chi connectivity index (χ4v) is 3.60. The van der Waals surface area contributed by atoms with Crippen LogP contribution in [0.4, 0.5) is 0 Å². The molecule has 3 aromatic rings. The molecule has 1 aliphatic rings. The quantitative estimate of drug-likeness (QED) is 0.586. The van der Waals surface area contributed by atoms with E-state index in [0.29, 0.717) is 5.56 Å². The van der Waals surface area contributed by atoms with Gasteiger partial charge in [0.1, 0.15) is 5.75 Å². The summed E-state index contributed by atoms with van der Waals surface area (Å²) in [5, 5.41) is 3.08. The first-order valence-corrected chi connectivity index (χ1v) is 9.09. The van der Waals surface area contributed by atoms with Crippen LogP contribution in [0, 0.1) is 6.92 Å². The molecule has 0 bridgehead atoms. The molecule has 0 aliphatic heterocycles. The highest BCUT2D eigenvalue weighted by Gasteiger charge is 2.21. The Kier molecular flexibility index (Phi) is 4.40. The summed E-state index contributed by atoms with van der Waals surface area (Å²) < 4.78 is 5.27. The molecule has 2 aromatic carbocycles. The molecule has 1 aromatic heterocycles. The van der Waals surface area contributed by atoms with Gasteiger partial charge in [-0.1, -0.05) is 18.2 Å². The second-order valence-electron chi connectivity index (χ2n) is 7.00. The van der Waals surface area contributed by atoms with Crippen LogP contribution in [0.1, 0.15) is 45.7 Å². The van der Waals surface area contributed by atoms with Gasteiger partial charge in [0, 0.05) is 23.9 Å². The summed E-state index contributed by atoms with van der Waals surface area (Å²) in [5.41, 5.74) is 7.54. The number of carbonyl (C=O) groups excluding carboxylic acids is 1. The number of ether oxygens (including phenoxy) is 1. The van der Waals surface area contributed by atoms with Crippen molar-refractivity contribution in [3.63, 3.8) is 0 Å². The van der Waals surface area contributed by atoms with E-state index in [1.54, 1.807) is 7.11 Å². The number of aromatic nitrogens is 1. The minimum atomic E-state index is -0.107. The van der Waals surface area contributed by atoms with Gasteiger partial charge in [-0.15, -0.1) is 0 Å². The van der Waals surface area contributed by atoms with Crippen LogP contribution in [0.3, 0.4) is 0 Å². The minimum Gasteiger partial charge on any atom is -0.497 e. The SMILES string of the molecule is COc1cccc([C@@H](C)NC(=O)c2ccc3c(c2)Cc2cnc(C)cc2-3)c1. The fourth-order valence-electron chi connectivity index (χ4n) is 3.60. The third-order valence-corrected chi connectivity index (χ3v) is 5.10. The van der Waals surface area contributed by atoms with Gasteiger partial charge < -0.3 is 10.1 Å². The van der Waals surface area contributed by atoms with Gasteiger partial charge in [0.15, 0.2) is 0 Å². The highest BCUT2D eigenvalue weighted by Crippen LogP contribution is 2.37. The number of fused-ring (bicyclic) bond motifs is 3. The number of amides is 1. The molecule has 4 nitrogen and oxygen atoms in total. The molecule has 1 aliphatic carbocycles. The molecule has 0 unspecified atom stereocenters. The van der Waals surface area contributed by atoms with Crippen molar-refractivity contribution >= 4 is 5.91 Å². The zero-order valence-electron chi connectivity index (χ0n) is 15.7. The molecule has 0 saturated heterocycles. The lowest BCUT2D eigenvalue weighted by Gasteiger charge is -2.15. The van der Waals surface area contributed by atoms with Crippen LogP contribution in [-0.4, -0.2) is 18.0 Å². The number of methoxy groups -OCH3 is 1. The number of carbonyl (C=O) groups is 1. The third kappa shape index (κ3) is 3.31. The zero-order chi connectivity index (χ0) is 19.0. The first-order valence-electron chi connectivity index (χ1n) is 9.09. The van der Waals surface area contributed by atoms with Crippen molar-refractivity contribution in [1.29, 1.82) is 0 Å². The second-order valence-corrected chi connectivity index (χ2v) is 7.00. The van der Waals surface area contributed by atoms with Crippen molar-refractivity contribution in [2.24, 2.45) is 0 Å². The van der Waals surface area contributed by atoms with Crippen molar-refractivity contribution < 1.29 is 9.53 Å². The fraction of sp³-hybridized carbons (Fsp3) is 0.217. The Morgan fingerprint density at radius 1 is 1.11 bits per heavy atom. The van der Waals surface area contributed by atoms with Crippen LogP contribution >= 0.6 is 0 Å². The van der Waals surface area contributed by atoms with E-state index in [0.717, 1.165) is 23.4 Å². The van der Waals surface area contributed by atoms with Crippen LogP contribution in [0.25, 0.3) is 11.1 Å². The highest BCUT2D eigenvalue weighted by atomic mass is 16.5. The highest BCUT2D eigenvalue weighted by molar-refractivity contribution is 5.96. The summed E-state index contributed by atoms with van der Waals surface area (Å²) >= 11 is 0. The molecule has 0 fully saturated rings. The van der Waals surface area contributed by atoms with Crippen molar-refractivity contribution in [3.8, 4) is 16.9 Å². The van der Waals surface area contributed by atoms with Gasteiger partial charge in [0.25, 0.3) is 5.91 Å². The Balaban J connectivity index is 1.54. The lowest BCUT2D eigenvalue weighted by molar-refractivity contribution is 0.0939. The molecular weight excluding hydrogens is 336 g/mol. The lowest BCUT2D eigenvalue weighted by Crippen LogP contribution is -2.26. The van der Waals surface area contributed by atoms with Gasteiger partial charge >= 0.3 is 0 Å². The molecule has 1 heterocycles. The normalized spacial score (nSPS) is 12.9. The van der Waals surface area contributed by atoms with Crippen LogP contribution in [0.15, 0.2) is 54.7 Å². The van der Waals surface area contributed by atoms with Gasteiger partial charge in [0.2, 0.25) is 0 Å². The van der Waals surface area contributed by atoms with E-state index >= 15 is 0 Å². The van der Waals surface area contributed by atoms with Gasteiger partial charge in [-0.25, -0.2) is 0 Å². The van der Waals surface area contributed by atoms with E-state index in [1.165, 1.54) is 22.3 Å². The van der Waals surface area contributed by atoms with Crippen LogP contribution in [0.2, 0.25) is 0 Å². The minimum absolute atomic E-state index is 0.0709. The number of aryl methyl sites for hydroxylation is 1. The molecule has 1 N–H and O–H groups in total. The molecule has 136 valence electrons. The molecule has 0 saturated carbocycles. The van der Waals surface area contributed by atoms with E-state index in [1.807, 2.05) is 62.5 Å². The van der Waals surface area contributed by atoms with E-state index in [9.17, 15) is 4.79 Å². The number of pyridine rings is 1. The van der Waals surface area contributed by atoms with Crippen LogP contribution in [-0.2, 0) is 6.42 Å². The number of nitrogens with one attached hydrogen (secondary N) is 1. The number of hydrogen-bond donors (Lipinski definition) is 1. The van der Waals surface area contributed by atoms with Crippen molar-refractivity contribution in [2.75, 3.05) is 7.11 Å². The van der Waals surface area contributed by atoms with E-state index < -0.39 is 0 Å². The molecule has 4 rings (SSSR count). The van der Waals surface area contributed by atoms with E-state index in [4.69, 9.17) is 4.74 Å². The molecular formula is C23H22N2O2. The number of hydrogen-bond acceptors (Lipinski definition) is 3. The van der Waals surface area contributed by atoms with Crippen molar-refractivity contribution in [2.45, 2.75) is 26.3 Å². The third-order valence-electron chi connectivity index (χ3n) is 5.10. The summed E-state index contributed by atoms with van der Waals surface area (Å²) in [6.45, 7) is 3.98. The Hall–Kier alpha value is -3.14. The average Bonchev–Trinajstić information content (AvgIpc) is 3.04. The maximum atomic E-state index is 12.8. The molecule has 1 atom stereocenters. The molecule has 4 heteroatoms. The van der Waals surface area contributed by atoms with Crippen molar-refractivity contribution in [3.05, 3.63) is 82.7 Å². The van der Waals surface area contributed by atoms with Gasteiger partial charge in [0.05, 0.1) is 13.2 Å². The maximum Gasteiger partial charge on any atom is 0.251 e. The summed E-state index contributed by atoms with van der Waals surface area (Å²) in [4.78, 5) is 17.1. The molecule has 0 radical (unpaired) electrons. The maximum absolute atomic E-state index is 12.8. The molecule has 27 heavy (non-hydrogen) atoms. The second kappa shape index (κ2) is 6.88. The predicted molar refractivity (Wildman–Crippen MR) is 106 cm³/mol. The van der Waals surface area contributed by atoms with E-state index in [-0.39, 0.29) is 11.9 Å². The van der Waals surface area contributed by atoms with Crippen LogP contribution in [0.5, 0.6) is 5.75 Å². The first kappa shape index (κ1) is 17.3. The first-order chi connectivity index (χ1) is 13.0. The van der Waals surface area contributed by atoms with E-state index in [2.05, 4.69) is 16.4 Å². The topological polar surface area (TPSA) is 51.2 Å². The Morgan fingerprint density at radius 2 is 1.96 bits per heavy atom. The summed E-state index contributed by atoms with van der Waals surface area (Å²) in [5.74, 6) is 0.714. The Morgan fingerprint density at radius 3 is 2.78 bits per heavy atom. The summed E-state index contributed by atoms with van der Waals surface area (Å²) in [7, 11) is 1.64. The van der Waals surface area contributed by atoms with Gasteiger partial charge in [-0.05, 0) is 72.0 Å². The largest absolute Gasteiger partial charge is 0.497 e. The number of rotatable bonds is 4. The number of benzene rings is 2. The van der Waals surface area contributed by atoms with Crippen molar-refractivity contribution in [1.82, 2.24) is 10.3 Å². The molecule has 0 spiro atoms. The molecule has 1 amide bonds. The smallest absolute Gasteiger partial charge is 0.251 e. The zero-order valence-corrected chi connectivity index (χ0v) is 15.7. The summed E-state index contributed by atoms with van der Waals surface area (Å²) in [6, 6.07) is 15.7. The summed E-state index contributed by atoms with van der Waals surface area (Å²) in [6.07, 6.45) is 2.76. The van der Waals surface area contributed by atoms with Gasteiger partial charge in [-0.2, -0.15) is 0 Å². The monoisotopic (exact) mass is 358 g/mol. The van der Waals surface area contributed by atoms with Gasteiger partial charge in [-0.3, -0.25) is 9.78 Å². The average molecular weight is 358 g/mol.